The topological polar surface area (TPSA) is 55.1 Å². The number of nitrogens with one attached hydrogen (secondary N) is 1. The Balaban J connectivity index is 1.81. The van der Waals surface area contributed by atoms with Crippen LogP contribution < -0.4 is 11.1 Å². The number of thioether (sulfide) groups is 1. The average Bonchev–Trinajstić information content (AvgIpc) is 2.68. The number of amides is 1. The largest absolute Gasteiger partial charge is 0.398 e. The van der Waals surface area contributed by atoms with Gasteiger partial charge >= 0.3 is 0 Å². The van der Waals surface area contributed by atoms with Gasteiger partial charge in [-0.05, 0) is 31.0 Å². The van der Waals surface area contributed by atoms with E-state index in [9.17, 15) is 4.79 Å². The van der Waals surface area contributed by atoms with Crippen molar-refractivity contribution in [1.29, 1.82) is 0 Å². The maximum Gasteiger partial charge on any atom is 0.230 e. The second-order valence-electron chi connectivity index (χ2n) is 5.23. The van der Waals surface area contributed by atoms with Gasteiger partial charge in [-0.1, -0.05) is 41.6 Å². The Kier molecular flexibility index (Phi) is 6.23. The lowest BCUT2D eigenvalue weighted by Crippen LogP contribution is -2.35. The Labute approximate surface area is 133 Å². The Hall–Kier alpha value is -0.680. The fraction of sp³-hybridized carbons (Fsp3) is 0.533. The quantitative estimate of drug-likeness (QED) is 0.487. The first kappa shape index (κ1) is 15.7. The molecule has 0 saturated heterocycles. The van der Waals surface area contributed by atoms with Crippen molar-refractivity contribution in [3.8, 4) is 0 Å². The van der Waals surface area contributed by atoms with E-state index >= 15 is 0 Å². The summed E-state index contributed by atoms with van der Waals surface area (Å²) in [5.41, 5.74) is 6.63. The van der Waals surface area contributed by atoms with Crippen molar-refractivity contribution < 1.29 is 4.79 Å². The number of carbonyl (C=O) groups excluding carboxylic acids is 1. The predicted molar refractivity (Wildman–Crippen MR) is 88.9 cm³/mol. The molecule has 110 valence electrons. The van der Waals surface area contributed by atoms with Crippen molar-refractivity contribution in [2.45, 2.75) is 49.5 Å². The third kappa shape index (κ3) is 5.02. The van der Waals surface area contributed by atoms with Crippen molar-refractivity contribution in [2.24, 2.45) is 0 Å². The van der Waals surface area contributed by atoms with Gasteiger partial charge in [-0.25, -0.2) is 0 Å². The summed E-state index contributed by atoms with van der Waals surface area (Å²) >= 11 is 4.92. The molecule has 0 unspecified atom stereocenters. The SMILES string of the molecule is Nc1ccc(Br)cc1SCC(=O)NC1CCCCCC1. The van der Waals surface area contributed by atoms with Crippen LogP contribution in [0.25, 0.3) is 0 Å². The van der Waals surface area contributed by atoms with Gasteiger partial charge in [0.2, 0.25) is 5.91 Å². The Morgan fingerprint density at radius 1 is 1.30 bits per heavy atom. The number of carbonyl (C=O) groups is 1. The van der Waals surface area contributed by atoms with Crippen molar-refractivity contribution >= 4 is 39.3 Å². The van der Waals surface area contributed by atoms with Gasteiger partial charge in [0.05, 0.1) is 5.75 Å². The van der Waals surface area contributed by atoms with Gasteiger partial charge < -0.3 is 11.1 Å². The summed E-state index contributed by atoms with van der Waals surface area (Å²) < 4.78 is 0.985. The van der Waals surface area contributed by atoms with Gasteiger partial charge in [-0.15, -0.1) is 11.8 Å². The molecule has 1 saturated carbocycles. The number of halogens is 1. The van der Waals surface area contributed by atoms with E-state index in [4.69, 9.17) is 5.73 Å². The molecule has 1 fully saturated rings. The van der Waals surface area contributed by atoms with Gasteiger partial charge in [0.15, 0.2) is 0 Å². The molecule has 0 aromatic heterocycles. The van der Waals surface area contributed by atoms with Gasteiger partial charge in [0.1, 0.15) is 0 Å². The molecule has 1 aromatic carbocycles. The monoisotopic (exact) mass is 356 g/mol. The van der Waals surface area contributed by atoms with Crippen molar-refractivity contribution in [1.82, 2.24) is 5.32 Å². The molecule has 0 spiro atoms. The Morgan fingerprint density at radius 3 is 2.70 bits per heavy atom. The summed E-state index contributed by atoms with van der Waals surface area (Å²) in [5, 5.41) is 3.15. The molecule has 0 atom stereocenters. The molecule has 0 aliphatic heterocycles. The molecule has 1 amide bonds. The van der Waals surface area contributed by atoms with Crippen LogP contribution in [-0.4, -0.2) is 17.7 Å². The molecule has 3 nitrogen and oxygen atoms in total. The maximum absolute atomic E-state index is 12.0. The number of benzene rings is 1. The third-order valence-corrected chi connectivity index (χ3v) is 5.12. The number of rotatable bonds is 4. The van der Waals surface area contributed by atoms with Crippen molar-refractivity contribution in [2.75, 3.05) is 11.5 Å². The lowest BCUT2D eigenvalue weighted by atomic mass is 10.1. The first-order chi connectivity index (χ1) is 9.65. The minimum Gasteiger partial charge on any atom is -0.398 e. The van der Waals surface area contributed by atoms with Gasteiger partial charge in [0, 0.05) is 21.1 Å². The highest BCUT2D eigenvalue weighted by molar-refractivity contribution is 9.10. The van der Waals surface area contributed by atoms with Crippen molar-refractivity contribution in [3.63, 3.8) is 0 Å². The highest BCUT2D eigenvalue weighted by Gasteiger charge is 2.15. The molecule has 0 bridgehead atoms. The van der Waals surface area contributed by atoms with Crippen LogP contribution in [0.1, 0.15) is 38.5 Å². The van der Waals surface area contributed by atoms with Crippen LogP contribution in [0.2, 0.25) is 0 Å². The Bertz CT molecular complexity index is 459. The molecule has 0 heterocycles. The van der Waals surface area contributed by atoms with Gasteiger partial charge in [-0.3, -0.25) is 4.79 Å². The van der Waals surface area contributed by atoms with E-state index in [0.717, 1.165) is 27.9 Å². The Morgan fingerprint density at radius 2 is 2.00 bits per heavy atom. The highest BCUT2D eigenvalue weighted by atomic mass is 79.9. The van der Waals surface area contributed by atoms with E-state index in [1.54, 1.807) is 0 Å². The molecule has 0 radical (unpaired) electrons. The van der Waals surface area contributed by atoms with E-state index in [2.05, 4.69) is 21.2 Å². The van der Waals surface area contributed by atoms with E-state index in [1.807, 2.05) is 18.2 Å². The summed E-state index contributed by atoms with van der Waals surface area (Å²) in [7, 11) is 0. The standard InChI is InChI=1S/C15H21BrN2OS/c16-11-7-8-13(17)14(9-11)20-10-15(19)18-12-5-3-1-2-4-6-12/h7-9,12H,1-6,10,17H2,(H,18,19). The molecular weight excluding hydrogens is 336 g/mol. The van der Waals surface area contributed by atoms with Crippen LogP contribution in [0.5, 0.6) is 0 Å². The fourth-order valence-electron chi connectivity index (χ4n) is 2.47. The highest BCUT2D eigenvalue weighted by Crippen LogP contribution is 2.28. The molecule has 1 aromatic rings. The lowest BCUT2D eigenvalue weighted by molar-refractivity contribution is -0.119. The fourth-order valence-corrected chi connectivity index (χ4v) is 3.80. The second-order valence-corrected chi connectivity index (χ2v) is 7.16. The van der Waals surface area contributed by atoms with Gasteiger partial charge in [-0.2, -0.15) is 0 Å². The first-order valence-electron chi connectivity index (χ1n) is 7.12. The van der Waals surface area contributed by atoms with Crippen LogP contribution >= 0.6 is 27.7 Å². The van der Waals surface area contributed by atoms with E-state index in [0.29, 0.717) is 11.8 Å². The van der Waals surface area contributed by atoms with Crippen LogP contribution in [0.15, 0.2) is 27.6 Å². The minimum absolute atomic E-state index is 0.112. The van der Waals surface area contributed by atoms with Crippen LogP contribution in [-0.2, 0) is 4.79 Å². The van der Waals surface area contributed by atoms with Gasteiger partial charge in [0.25, 0.3) is 0 Å². The summed E-state index contributed by atoms with van der Waals surface area (Å²) in [5.74, 6) is 0.540. The molecule has 3 N–H and O–H groups in total. The number of nitrogen functional groups attached to an aromatic ring is 1. The van der Waals surface area contributed by atoms with E-state index in [-0.39, 0.29) is 5.91 Å². The number of hydrogen-bond donors (Lipinski definition) is 2. The zero-order valence-corrected chi connectivity index (χ0v) is 13.9. The summed E-state index contributed by atoms with van der Waals surface area (Å²) in [4.78, 5) is 13.0. The van der Waals surface area contributed by atoms with E-state index in [1.165, 1.54) is 37.4 Å². The molecule has 20 heavy (non-hydrogen) atoms. The molecule has 1 aliphatic rings. The molecule has 1 aliphatic carbocycles. The first-order valence-corrected chi connectivity index (χ1v) is 8.90. The second kappa shape index (κ2) is 7.93. The van der Waals surface area contributed by atoms with E-state index < -0.39 is 0 Å². The third-order valence-electron chi connectivity index (χ3n) is 3.55. The number of anilines is 1. The van der Waals surface area contributed by atoms with Crippen LogP contribution in [0.3, 0.4) is 0 Å². The van der Waals surface area contributed by atoms with Crippen molar-refractivity contribution in [3.05, 3.63) is 22.7 Å². The predicted octanol–water partition coefficient (Wildman–Crippen LogP) is 3.96. The maximum atomic E-state index is 12.0. The van der Waals surface area contributed by atoms with Crippen LogP contribution in [0, 0.1) is 0 Å². The number of nitrogens with two attached hydrogens (primary N) is 1. The molecule has 2 rings (SSSR count). The average molecular weight is 357 g/mol. The smallest absolute Gasteiger partial charge is 0.230 e. The normalized spacial score (nSPS) is 16.6. The molecular formula is C15H21BrN2OS. The minimum atomic E-state index is 0.112. The zero-order valence-electron chi connectivity index (χ0n) is 11.5. The van der Waals surface area contributed by atoms with Crippen LogP contribution in [0.4, 0.5) is 5.69 Å². The number of hydrogen-bond acceptors (Lipinski definition) is 3. The summed E-state index contributed by atoms with van der Waals surface area (Å²) in [6.07, 6.45) is 7.31. The zero-order chi connectivity index (χ0) is 14.4. The summed E-state index contributed by atoms with van der Waals surface area (Å²) in [6.45, 7) is 0. The lowest BCUT2D eigenvalue weighted by Gasteiger charge is -2.16. The summed E-state index contributed by atoms with van der Waals surface area (Å²) in [6, 6.07) is 6.09. The molecule has 5 heteroatoms.